The molecule has 0 radical (unpaired) electrons. The van der Waals surface area contributed by atoms with Crippen LogP contribution in [0.2, 0.25) is 0 Å². The van der Waals surface area contributed by atoms with Crippen molar-refractivity contribution in [2.45, 2.75) is 54.1 Å². The Morgan fingerprint density at radius 3 is 2.52 bits per heavy atom. The van der Waals surface area contributed by atoms with Gasteiger partial charge in [0.2, 0.25) is 5.95 Å². The van der Waals surface area contributed by atoms with Gasteiger partial charge >= 0.3 is 5.69 Å². The second-order valence-electron chi connectivity index (χ2n) is 9.37. The summed E-state index contributed by atoms with van der Waals surface area (Å²) in [6.45, 7) is 10.7. The Bertz CT molecular complexity index is 1320. The van der Waals surface area contributed by atoms with Gasteiger partial charge < -0.3 is 9.47 Å². The highest BCUT2D eigenvalue weighted by atomic mass is 16.2. The summed E-state index contributed by atoms with van der Waals surface area (Å²) < 4.78 is 4.31. The summed E-state index contributed by atoms with van der Waals surface area (Å²) in [5.41, 5.74) is 2.47. The lowest BCUT2D eigenvalue weighted by Gasteiger charge is -2.30. The second-order valence-corrected chi connectivity index (χ2v) is 9.37. The van der Waals surface area contributed by atoms with Crippen molar-refractivity contribution in [1.82, 2.24) is 18.7 Å². The number of aromatic nitrogens is 4. The number of benzene rings is 1. The van der Waals surface area contributed by atoms with E-state index in [0.717, 1.165) is 28.8 Å². The number of ketones is 1. The summed E-state index contributed by atoms with van der Waals surface area (Å²) in [6, 6.07) is 6.14. The summed E-state index contributed by atoms with van der Waals surface area (Å²) in [5.74, 6) is 0.489. The number of carbonyl (C=O) groups is 1. The molecule has 0 N–H and O–H groups in total. The predicted octanol–water partition coefficient (Wildman–Crippen LogP) is 2.67. The summed E-state index contributed by atoms with van der Waals surface area (Å²) in [4.78, 5) is 45.7. The molecule has 0 fully saturated rings. The lowest BCUT2D eigenvalue weighted by Crippen LogP contribution is -2.43. The second kappa shape index (κ2) is 7.21. The first-order chi connectivity index (χ1) is 14.5. The van der Waals surface area contributed by atoms with Gasteiger partial charge in [0.1, 0.15) is 0 Å². The zero-order valence-corrected chi connectivity index (χ0v) is 19.0. The molecule has 0 saturated heterocycles. The Morgan fingerprint density at radius 2 is 1.84 bits per heavy atom. The lowest BCUT2D eigenvalue weighted by atomic mass is 9.91. The molecule has 1 aliphatic heterocycles. The van der Waals surface area contributed by atoms with E-state index in [2.05, 4.69) is 30.9 Å². The standard InChI is InChI=1S/C23H29N5O3/c1-14-9-7-10-16(15(14)2)26-11-8-12-27-18-19(24-21(26)27)25(6)22(31)28(20(18)30)13-17(29)23(3,4)5/h7,9-10H,8,11-13H2,1-6H3. The van der Waals surface area contributed by atoms with Gasteiger partial charge in [-0.3, -0.25) is 18.7 Å². The molecule has 8 heteroatoms. The minimum atomic E-state index is -0.643. The average Bonchev–Trinajstić information content (AvgIpc) is 3.11. The quantitative estimate of drug-likeness (QED) is 0.647. The third-order valence-electron chi connectivity index (χ3n) is 6.22. The number of carbonyl (C=O) groups excluding carboxylic acids is 1. The highest BCUT2D eigenvalue weighted by molar-refractivity contribution is 5.84. The van der Waals surface area contributed by atoms with Gasteiger partial charge in [-0.1, -0.05) is 32.9 Å². The molecule has 3 aromatic rings. The van der Waals surface area contributed by atoms with Gasteiger partial charge in [0.15, 0.2) is 16.9 Å². The molecule has 2 aromatic heterocycles. The van der Waals surface area contributed by atoms with Gasteiger partial charge in [-0.2, -0.15) is 4.98 Å². The van der Waals surface area contributed by atoms with Gasteiger partial charge in [0.25, 0.3) is 5.56 Å². The van der Waals surface area contributed by atoms with Crippen LogP contribution in [-0.2, 0) is 24.9 Å². The Hall–Kier alpha value is -3.16. The van der Waals surface area contributed by atoms with Crippen molar-refractivity contribution in [3.05, 3.63) is 50.2 Å². The first-order valence-corrected chi connectivity index (χ1v) is 10.6. The van der Waals surface area contributed by atoms with Crippen LogP contribution in [0.5, 0.6) is 0 Å². The molecule has 0 atom stereocenters. The first-order valence-electron chi connectivity index (χ1n) is 10.6. The molecule has 0 spiro atoms. The van der Waals surface area contributed by atoms with E-state index in [0.29, 0.717) is 23.7 Å². The Labute approximate surface area is 180 Å². The van der Waals surface area contributed by atoms with Crippen LogP contribution in [0.1, 0.15) is 38.3 Å². The van der Waals surface area contributed by atoms with Crippen LogP contribution < -0.4 is 16.1 Å². The Morgan fingerprint density at radius 1 is 1.13 bits per heavy atom. The fourth-order valence-corrected chi connectivity index (χ4v) is 4.04. The summed E-state index contributed by atoms with van der Waals surface area (Å²) in [5, 5.41) is 0. The smallest absolute Gasteiger partial charge is 0.312 e. The van der Waals surface area contributed by atoms with E-state index in [4.69, 9.17) is 4.98 Å². The molecule has 4 rings (SSSR count). The molecule has 0 amide bonds. The van der Waals surface area contributed by atoms with Crippen LogP contribution in [0.3, 0.4) is 0 Å². The van der Waals surface area contributed by atoms with Crippen LogP contribution in [0.4, 0.5) is 11.6 Å². The molecular weight excluding hydrogens is 394 g/mol. The minimum Gasteiger partial charge on any atom is -0.312 e. The van der Waals surface area contributed by atoms with E-state index in [1.165, 1.54) is 10.1 Å². The van der Waals surface area contributed by atoms with E-state index in [1.807, 2.05) is 10.6 Å². The molecule has 8 nitrogen and oxygen atoms in total. The number of aryl methyl sites for hydroxylation is 3. The molecule has 164 valence electrons. The number of Topliss-reactive ketones (excluding diaryl/α,β-unsaturated/α-hetero) is 1. The monoisotopic (exact) mass is 423 g/mol. The highest BCUT2D eigenvalue weighted by Crippen LogP contribution is 2.33. The maximum Gasteiger partial charge on any atom is 0.332 e. The largest absolute Gasteiger partial charge is 0.332 e. The van der Waals surface area contributed by atoms with Crippen LogP contribution in [0.15, 0.2) is 27.8 Å². The number of fused-ring (bicyclic) bond motifs is 3. The number of imidazole rings is 1. The van der Waals surface area contributed by atoms with E-state index in [-0.39, 0.29) is 12.3 Å². The van der Waals surface area contributed by atoms with Crippen molar-refractivity contribution in [3.8, 4) is 0 Å². The number of hydrogen-bond acceptors (Lipinski definition) is 5. The molecule has 0 unspecified atom stereocenters. The van der Waals surface area contributed by atoms with Crippen molar-refractivity contribution in [1.29, 1.82) is 0 Å². The number of rotatable bonds is 3. The third-order valence-corrected chi connectivity index (χ3v) is 6.22. The topological polar surface area (TPSA) is 82.1 Å². The van der Waals surface area contributed by atoms with Gasteiger partial charge in [-0.05, 0) is 37.5 Å². The number of hydrogen-bond donors (Lipinski definition) is 0. The summed E-state index contributed by atoms with van der Waals surface area (Å²) in [6.07, 6.45) is 0.842. The van der Waals surface area contributed by atoms with Crippen LogP contribution in [0.25, 0.3) is 11.2 Å². The van der Waals surface area contributed by atoms with Crippen LogP contribution in [-0.4, -0.2) is 31.0 Å². The average molecular weight is 424 g/mol. The van der Waals surface area contributed by atoms with Crippen molar-refractivity contribution in [2.24, 2.45) is 12.5 Å². The van der Waals surface area contributed by atoms with Crippen molar-refractivity contribution in [2.75, 3.05) is 11.4 Å². The fourth-order valence-electron chi connectivity index (χ4n) is 4.04. The molecule has 31 heavy (non-hydrogen) atoms. The van der Waals surface area contributed by atoms with Gasteiger partial charge in [-0.15, -0.1) is 0 Å². The maximum atomic E-state index is 13.4. The van der Waals surface area contributed by atoms with Gasteiger partial charge in [0, 0.05) is 31.2 Å². The zero-order valence-electron chi connectivity index (χ0n) is 19.0. The third kappa shape index (κ3) is 3.30. The highest BCUT2D eigenvalue weighted by Gasteiger charge is 2.29. The minimum absolute atomic E-state index is 0.165. The summed E-state index contributed by atoms with van der Waals surface area (Å²) >= 11 is 0. The molecular formula is C23H29N5O3. The predicted molar refractivity (Wildman–Crippen MR) is 121 cm³/mol. The Balaban J connectivity index is 1.95. The van der Waals surface area contributed by atoms with E-state index < -0.39 is 16.7 Å². The Kier molecular flexibility index (Phi) is 4.91. The van der Waals surface area contributed by atoms with Crippen LogP contribution in [0, 0.1) is 19.3 Å². The van der Waals surface area contributed by atoms with Crippen molar-refractivity contribution >= 4 is 28.6 Å². The van der Waals surface area contributed by atoms with Crippen LogP contribution >= 0.6 is 0 Å². The first kappa shape index (κ1) is 21.1. The zero-order chi connectivity index (χ0) is 22.7. The van der Waals surface area contributed by atoms with E-state index in [9.17, 15) is 14.4 Å². The lowest BCUT2D eigenvalue weighted by molar-refractivity contribution is -0.127. The van der Waals surface area contributed by atoms with E-state index in [1.54, 1.807) is 27.8 Å². The molecule has 0 aliphatic carbocycles. The number of nitrogens with zero attached hydrogens (tertiary/aromatic N) is 5. The molecule has 0 bridgehead atoms. The molecule has 3 heterocycles. The maximum absolute atomic E-state index is 13.4. The molecule has 1 aliphatic rings. The summed E-state index contributed by atoms with van der Waals surface area (Å²) in [7, 11) is 1.60. The van der Waals surface area contributed by atoms with E-state index >= 15 is 0 Å². The molecule has 1 aromatic carbocycles. The fraction of sp³-hybridized carbons (Fsp3) is 0.478. The SMILES string of the molecule is Cc1cccc(N2CCCn3c2nc2c3c(=O)n(CC(=O)C(C)(C)C)c(=O)n2C)c1C. The van der Waals surface area contributed by atoms with Crippen molar-refractivity contribution < 1.29 is 4.79 Å². The van der Waals surface area contributed by atoms with Gasteiger partial charge in [-0.25, -0.2) is 4.79 Å². The molecule has 0 saturated carbocycles. The number of anilines is 2. The van der Waals surface area contributed by atoms with Crippen molar-refractivity contribution in [3.63, 3.8) is 0 Å². The normalized spacial score (nSPS) is 14.2. The van der Waals surface area contributed by atoms with Gasteiger partial charge in [0.05, 0.1) is 6.54 Å².